The first-order valence-corrected chi connectivity index (χ1v) is 9.54. The maximum absolute atomic E-state index is 10.7. The molecule has 158 valence electrons. The van der Waals surface area contributed by atoms with Gasteiger partial charge in [-0.15, -0.1) is 0 Å². The van der Waals surface area contributed by atoms with E-state index in [4.69, 9.17) is 14.2 Å². The third-order valence-corrected chi connectivity index (χ3v) is 4.66. The van der Waals surface area contributed by atoms with Gasteiger partial charge in [-0.25, -0.2) is 0 Å². The predicted molar refractivity (Wildman–Crippen MR) is 123 cm³/mol. The molecule has 0 aliphatic rings. The highest BCUT2D eigenvalue weighted by Gasteiger charge is 2.11. The fourth-order valence-electron chi connectivity index (χ4n) is 3.01. The molecule has 0 aromatic heterocycles. The van der Waals surface area contributed by atoms with Crippen molar-refractivity contribution >= 4 is 30.0 Å². The minimum atomic E-state index is -0.405. The Hall–Kier alpha value is -4.06. The van der Waals surface area contributed by atoms with E-state index in [0.717, 1.165) is 22.3 Å². The van der Waals surface area contributed by atoms with Crippen LogP contribution in [0.5, 0.6) is 17.2 Å². The zero-order valence-electron chi connectivity index (χ0n) is 17.6. The van der Waals surface area contributed by atoms with Crippen molar-refractivity contribution in [1.29, 1.82) is 0 Å². The molecule has 0 amide bonds. The van der Waals surface area contributed by atoms with Crippen molar-refractivity contribution in [3.8, 4) is 17.2 Å². The van der Waals surface area contributed by atoms with Gasteiger partial charge in [0.05, 0.1) is 26.3 Å². The van der Waals surface area contributed by atoms with Gasteiger partial charge in [0.25, 0.3) is 5.69 Å². The summed E-state index contributed by atoms with van der Waals surface area (Å²) in [6, 6.07) is 18.3. The minimum Gasteiger partial charge on any atom is -0.493 e. The van der Waals surface area contributed by atoms with Crippen LogP contribution in [0.3, 0.4) is 0 Å². The van der Waals surface area contributed by atoms with Gasteiger partial charge in [-0.2, -0.15) is 0 Å². The highest BCUT2D eigenvalue weighted by Crippen LogP contribution is 2.38. The second kappa shape index (κ2) is 10.1. The first kappa shape index (κ1) is 21.6. The number of non-ortho nitro benzene ring substituents is 1. The second-order valence-electron chi connectivity index (χ2n) is 6.64. The number of nitrogens with zero attached hydrogens (tertiary/aromatic N) is 1. The predicted octanol–water partition coefficient (Wildman–Crippen LogP) is 5.96. The van der Waals surface area contributed by atoms with Gasteiger partial charge >= 0.3 is 0 Å². The third-order valence-electron chi connectivity index (χ3n) is 4.66. The molecule has 0 aliphatic carbocycles. The zero-order valence-corrected chi connectivity index (χ0v) is 17.6. The monoisotopic (exact) mass is 417 g/mol. The lowest BCUT2D eigenvalue weighted by Crippen LogP contribution is -1.95. The van der Waals surface area contributed by atoms with Gasteiger partial charge in [-0.05, 0) is 46.5 Å². The summed E-state index contributed by atoms with van der Waals surface area (Å²) in [5, 5.41) is 10.7. The summed E-state index contributed by atoms with van der Waals surface area (Å²) >= 11 is 0. The van der Waals surface area contributed by atoms with Crippen LogP contribution in [-0.4, -0.2) is 26.3 Å². The van der Waals surface area contributed by atoms with Gasteiger partial charge in [-0.3, -0.25) is 10.1 Å². The van der Waals surface area contributed by atoms with Crippen molar-refractivity contribution in [3.63, 3.8) is 0 Å². The Morgan fingerprint density at radius 1 is 0.645 bits per heavy atom. The van der Waals surface area contributed by atoms with Gasteiger partial charge in [0.15, 0.2) is 11.5 Å². The van der Waals surface area contributed by atoms with Crippen LogP contribution in [0.15, 0.2) is 60.7 Å². The second-order valence-corrected chi connectivity index (χ2v) is 6.64. The number of rotatable bonds is 8. The number of nitro benzene ring substituents is 1. The Morgan fingerprint density at radius 3 is 1.39 bits per heavy atom. The van der Waals surface area contributed by atoms with Crippen molar-refractivity contribution in [2.45, 2.75) is 0 Å². The topological polar surface area (TPSA) is 70.8 Å². The Kier molecular flexibility index (Phi) is 7.06. The van der Waals surface area contributed by atoms with E-state index in [1.165, 1.54) is 12.1 Å². The zero-order chi connectivity index (χ0) is 22.2. The van der Waals surface area contributed by atoms with Crippen LogP contribution in [0.25, 0.3) is 24.3 Å². The molecule has 3 rings (SSSR count). The van der Waals surface area contributed by atoms with E-state index in [1.807, 2.05) is 60.7 Å². The number of hydrogen-bond donors (Lipinski definition) is 0. The SMILES string of the molecule is COc1cc(/C=C/c2ccc(/C=C/c3ccc([N+](=O)[O-])cc3)cc2)cc(OC)c1OC. The summed E-state index contributed by atoms with van der Waals surface area (Å²) in [7, 11) is 4.76. The molecule has 0 fully saturated rings. The molecule has 3 aromatic rings. The molecular formula is C25H23NO5. The van der Waals surface area contributed by atoms with E-state index < -0.39 is 4.92 Å². The van der Waals surface area contributed by atoms with Crippen molar-refractivity contribution < 1.29 is 19.1 Å². The van der Waals surface area contributed by atoms with Crippen LogP contribution in [0, 0.1) is 10.1 Å². The van der Waals surface area contributed by atoms with E-state index in [1.54, 1.807) is 33.5 Å². The number of nitro groups is 1. The van der Waals surface area contributed by atoms with Gasteiger partial charge in [-0.1, -0.05) is 48.6 Å². The summed E-state index contributed by atoms with van der Waals surface area (Å²) in [6.45, 7) is 0. The lowest BCUT2D eigenvalue weighted by molar-refractivity contribution is -0.384. The molecule has 3 aromatic carbocycles. The van der Waals surface area contributed by atoms with E-state index in [0.29, 0.717) is 17.2 Å². The summed E-state index contributed by atoms with van der Waals surface area (Å²) in [6.07, 6.45) is 7.87. The Morgan fingerprint density at radius 2 is 1.03 bits per heavy atom. The lowest BCUT2D eigenvalue weighted by Gasteiger charge is -2.12. The number of ether oxygens (including phenoxy) is 3. The third kappa shape index (κ3) is 5.51. The van der Waals surface area contributed by atoms with E-state index in [-0.39, 0.29) is 5.69 Å². The maximum atomic E-state index is 10.7. The van der Waals surface area contributed by atoms with Gasteiger partial charge in [0.2, 0.25) is 5.75 Å². The van der Waals surface area contributed by atoms with Crippen LogP contribution in [0.1, 0.15) is 22.3 Å². The molecule has 0 aliphatic heterocycles. The standard InChI is InChI=1S/C25H23NO5/c1-29-23-16-21(17-24(30-2)25(23)31-3)11-10-19-6-4-18(5-7-19)8-9-20-12-14-22(15-13-20)26(27)28/h4-17H,1-3H3/b9-8+,11-10+. The van der Waals surface area contributed by atoms with Gasteiger partial charge in [0.1, 0.15) is 0 Å². The summed E-state index contributed by atoms with van der Waals surface area (Å²) in [5.41, 5.74) is 3.98. The minimum absolute atomic E-state index is 0.0837. The molecule has 31 heavy (non-hydrogen) atoms. The number of hydrogen-bond acceptors (Lipinski definition) is 5. The Bertz CT molecular complexity index is 1070. The molecule has 0 spiro atoms. The van der Waals surface area contributed by atoms with Gasteiger partial charge < -0.3 is 14.2 Å². The maximum Gasteiger partial charge on any atom is 0.269 e. The molecule has 0 unspecified atom stereocenters. The summed E-state index contributed by atoms with van der Waals surface area (Å²) in [4.78, 5) is 10.3. The lowest BCUT2D eigenvalue weighted by atomic mass is 10.1. The number of methoxy groups -OCH3 is 3. The van der Waals surface area contributed by atoms with Crippen LogP contribution >= 0.6 is 0 Å². The highest BCUT2D eigenvalue weighted by molar-refractivity contribution is 5.74. The molecule has 0 atom stereocenters. The van der Waals surface area contributed by atoms with Crippen LogP contribution in [0.2, 0.25) is 0 Å². The Labute approximate surface area is 181 Å². The number of benzene rings is 3. The fourth-order valence-corrected chi connectivity index (χ4v) is 3.01. The van der Waals surface area contributed by atoms with Crippen molar-refractivity contribution in [1.82, 2.24) is 0 Å². The normalized spacial score (nSPS) is 11.1. The van der Waals surface area contributed by atoms with E-state index in [2.05, 4.69) is 0 Å². The molecular weight excluding hydrogens is 394 g/mol. The van der Waals surface area contributed by atoms with Crippen molar-refractivity contribution in [2.75, 3.05) is 21.3 Å². The average Bonchev–Trinajstić information content (AvgIpc) is 2.81. The van der Waals surface area contributed by atoms with Crippen LogP contribution in [0.4, 0.5) is 5.69 Å². The first-order chi connectivity index (χ1) is 15.0. The van der Waals surface area contributed by atoms with Crippen molar-refractivity contribution in [3.05, 3.63) is 93.0 Å². The molecule has 0 N–H and O–H groups in total. The fraction of sp³-hybridized carbons (Fsp3) is 0.120. The van der Waals surface area contributed by atoms with Crippen molar-refractivity contribution in [2.24, 2.45) is 0 Å². The highest BCUT2D eigenvalue weighted by atomic mass is 16.6. The Balaban J connectivity index is 1.72. The molecule has 6 nitrogen and oxygen atoms in total. The molecule has 0 saturated heterocycles. The molecule has 0 saturated carbocycles. The first-order valence-electron chi connectivity index (χ1n) is 9.54. The molecule has 0 heterocycles. The summed E-state index contributed by atoms with van der Waals surface area (Å²) in [5.74, 6) is 1.77. The molecule has 0 radical (unpaired) electrons. The van der Waals surface area contributed by atoms with Gasteiger partial charge in [0, 0.05) is 12.1 Å². The average molecular weight is 417 g/mol. The van der Waals surface area contributed by atoms with E-state index in [9.17, 15) is 10.1 Å². The van der Waals surface area contributed by atoms with Crippen LogP contribution < -0.4 is 14.2 Å². The summed E-state index contributed by atoms with van der Waals surface area (Å²) < 4.78 is 16.1. The largest absolute Gasteiger partial charge is 0.493 e. The van der Waals surface area contributed by atoms with E-state index >= 15 is 0 Å². The molecule has 0 bridgehead atoms. The molecule has 6 heteroatoms. The smallest absolute Gasteiger partial charge is 0.269 e. The quantitative estimate of drug-likeness (QED) is 0.257. The van der Waals surface area contributed by atoms with Crippen LogP contribution in [-0.2, 0) is 0 Å².